The molecule has 0 N–H and O–H groups in total. The van der Waals surface area contributed by atoms with Gasteiger partial charge in [-0.2, -0.15) is 0 Å². The summed E-state index contributed by atoms with van der Waals surface area (Å²) in [5, 5.41) is 0. The van der Waals surface area contributed by atoms with Crippen molar-refractivity contribution in [3.63, 3.8) is 0 Å². The van der Waals surface area contributed by atoms with E-state index in [1.807, 2.05) is 6.92 Å². The SMILES string of the molecule is C.Cc1ccc(F)c(C=O)c1Br.Cc1ccc(F)cc1Br. The van der Waals surface area contributed by atoms with Gasteiger partial charge in [0, 0.05) is 8.95 Å². The first-order chi connectivity index (χ1) is 9.36. The van der Waals surface area contributed by atoms with Crippen molar-refractivity contribution in [2.24, 2.45) is 0 Å². The van der Waals surface area contributed by atoms with Crippen LogP contribution in [0.15, 0.2) is 39.3 Å². The van der Waals surface area contributed by atoms with Crippen LogP contribution >= 0.6 is 31.9 Å². The van der Waals surface area contributed by atoms with Crippen molar-refractivity contribution in [3.8, 4) is 0 Å². The smallest absolute Gasteiger partial charge is 0.154 e. The molecule has 5 heteroatoms. The molecule has 1 nitrogen and oxygen atoms in total. The molecule has 114 valence electrons. The predicted molar refractivity (Wildman–Crippen MR) is 89.8 cm³/mol. The third-order valence-corrected chi connectivity index (χ3v) is 4.48. The number of rotatable bonds is 1. The van der Waals surface area contributed by atoms with Gasteiger partial charge in [-0.3, -0.25) is 4.79 Å². The Morgan fingerprint density at radius 1 is 1.00 bits per heavy atom. The molecule has 0 heterocycles. The van der Waals surface area contributed by atoms with Crippen LogP contribution in [0.3, 0.4) is 0 Å². The second-order valence-electron chi connectivity index (χ2n) is 4.10. The van der Waals surface area contributed by atoms with Crippen molar-refractivity contribution < 1.29 is 13.6 Å². The van der Waals surface area contributed by atoms with E-state index in [1.165, 1.54) is 18.2 Å². The van der Waals surface area contributed by atoms with Gasteiger partial charge < -0.3 is 0 Å². The van der Waals surface area contributed by atoms with E-state index < -0.39 is 5.82 Å². The van der Waals surface area contributed by atoms with Crippen molar-refractivity contribution in [2.45, 2.75) is 21.3 Å². The Kier molecular flexibility index (Phi) is 8.59. The quantitative estimate of drug-likeness (QED) is 0.498. The molecule has 0 radical (unpaired) electrons. The van der Waals surface area contributed by atoms with Gasteiger partial charge in [-0.25, -0.2) is 8.78 Å². The molecule has 2 aromatic rings. The van der Waals surface area contributed by atoms with Gasteiger partial charge in [0.2, 0.25) is 0 Å². The average molecular weight is 422 g/mol. The van der Waals surface area contributed by atoms with Crippen molar-refractivity contribution in [1.82, 2.24) is 0 Å². The van der Waals surface area contributed by atoms with E-state index in [2.05, 4.69) is 31.9 Å². The summed E-state index contributed by atoms with van der Waals surface area (Å²) in [5.74, 6) is -0.690. The molecular weight excluding hydrogens is 406 g/mol. The number of hydrogen-bond acceptors (Lipinski definition) is 1. The lowest BCUT2D eigenvalue weighted by atomic mass is 10.1. The molecule has 0 unspecified atom stereocenters. The minimum Gasteiger partial charge on any atom is -0.298 e. The number of hydrogen-bond donors (Lipinski definition) is 0. The molecule has 2 aromatic carbocycles. The second-order valence-corrected chi connectivity index (χ2v) is 5.75. The standard InChI is InChI=1S/C8H6BrFO.C7H6BrF.CH4/c1-5-2-3-7(10)6(4-11)8(5)9;1-5-2-3-6(9)4-7(5)8;/h2-4H,1H3;2-4H,1H3;1H4. The Morgan fingerprint density at radius 2 is 1.57 bits per heavy atom. The highest BCUT2D eigenvalue weighted by atomic mass is 79.9. The Hall–Kier alpha value is -1.07. The zero-order valence-electron chi connectivity index (χ0n) is 10.9. The highest BCUT2D eigenvalue weighted by Crippen LogP contribution is 2.21. The number of carbonyl (C=O) groups is 1. The Bertz CT molecular complexity index is 628. The molecule has 0 atom stereocenters. The van der Waals surface area contributed by atoms with Gasteiger partial charge in [-0.1, -0.05) is 35.5 Å². The van der Waals surface area contributed by atoms with Crippen molar-refractivity contribution in [3.05, 3.63) is 67.6 Å². The van der Waals surface area contributed by atoms with Crippen LogP contribution in [0.5, 0.6) is 0 Å². The molecule has 0 saturated carbocycles. The fourth-order valence-corrected chi connectivity index (χ4v) is 2.12. The van der Waals surface area contributed by atoms with Crippen molar-refractivity contribution in [1.29, 1.82) is 0 Å². The second kappa shape index (κ2) is 9.05. The van der Waals surface area contributed by atoms with Gasteiger partial charge in [0.15, 0.2) is 6.29 Å². The molecule has 0 bridgehead atoms. The molecule has 0 aliphatic heterocycles. The van der Waals surface area contributed by atoms with Gasteiger partial charge in [-0.15, -0.1) is 0 Å². The van der Waals surface area contributed by atoms with Crippen molar-refractivity contribution >= 4 is 38.1 Å². The Balaban J connectivity index is 0.000000370. The van der Waals surface area contributed by atoms with E-state index in [9.17, 15) is 13.6 Å². The summed E-state index contributed by atoms with van der Waals surface area (Å²) < 4.78 is 26.4. The number of halogens is 4. The van der Waals surface area contributed by atoms with Crippen molar-refractivity contribution in [2.75, 3.05) is 0 Å². The molecule has 2 rings (SSSR count). The number of aryl methyl sites for hydroxylation is 2. The zero-order chi connectivity index (χ0) is 15.3. The fraction of sp³-hybridized carbons (Fsp3) is 0.188. The Morgan fingerprint density at radius 3 is 2.00 bits per heavy atom. The van der Waals surface area contributed by atoms with E-state index in [-0.39, 0.29) is 18.8 Å². The highest BCUT2D eigenvalue weighted by Gasteiger charge is 2.06. The van der Waals surface area contributed by atoms with E-state index in [4.69, 9.17) is 0 Å². The van der Waals surface area contributed by atoms with Gasteiger partial charge >= 0.3 is 0 Å². The zero-order valence-corrected chi connectivity index (χ0v) is 14.1. The van der Waals surface area contributed by atoms with Crippen LogP contribution in [0, 0.1) is 25.5 Å². The summed E-state index contributed by atoms with van der Waals surface area (Å²) in [5.41, 5.74) is 2.00. The molecule has 0 aliphatic carbocycles. The summed E-state index contributed by atoms with van der Waals surface area (Å²) in [7, 11) is 0. The van der Waals surface area contributed by atoms with Gasteiger partial charge in [0.1, 0.15) is 11.6 Å². The maximum atomic E-state index is 12.8. The van der Waals surface area contributed by atoms with E-state index in [0.29, 0.717) is 10.8 Å². The first-order valence-corrected chi connectivity index (χ1v) is 7.27. The maximum absolute atomic E-state index is 12.8. The normalized spacial score (nSPS) is 9.24. The van der Waals surface area contributed by atoms with Gasteiger partial charge in [0.25, 0.3) is 0 Å². The Labute approximate surface area is 140 Å². The summed E-state index contributed by atoms with van der Waals surface area (Å²) >= 11 is 6.33. The third kappa shape index (κ3) is 5.67. The van der Waals surface area contributed by atoms with E-state index in [0.717, 1.165) is 15.6 Å². The number of aldehydes is 1. The number of carbonyl (C=O) groups excluding carboxylic acids is 1. The molecule has 21 heavy (non-hydrogen) atoms. The first kappa shape index (κ1) is 19.9. The van der Waals surface area contributed by atoms with Crippen LogP contribution in [0.4, 0.5) is 8.78 Å². The molecule has 0 amide bonds. The molecule has 0 fully saturated rings. The molecule has 0 saturated heterocycles. The lowest BCUT2D eigenvalue weighted by Crippen LogP contribution is -1.91. The molecule has 0 aliphatic rings. The molecular formula is C16H16Br2F2O. The van der Waals surface area contributed by atoms with Gasteiger partial charge in [0.05, 0.1) is 5.56 Å². The van der Waals surface area contributed by atoms with Crippen LogP contribution in [-0.2, 0) is 0 Å². The monoisotopic (exact) mass is 420 g/mol. The average Bonchev–Trinajstić information content (AvgIpc) is 2.40. The van der Waals surface area contributed by atoms with E-state index in [1.54, 1.807) is 19.1 Å². The molecule has 0 spiro atoms. The summed E-state index contributed by atoms with van der Waals surface area (Å²) in [6, 6.07) is 7.53. The minimum absolute atomic E-state index is 0. The third-order valence-electron chi connectivity index (χ3n) is 2.57. The van der Waals surface area contributed by atoms with Crippen LogP contribution in [0.25, 0.3) is 0 Å². The van der Waals surface area contributed by atoms with E-state index >= 15 is 0 Å². The van der Waals surface area contributed by atoms with Crippen LogP contribution < -0.4 is 0 Å². The topological polar surface area (TPSA) is 17.1 Å². The minimum atomic E-state index is -0.488. The number of benzene rings is 2. The van der Waals surface area contributed by atoms with Crippen LogP contribution in [-0.4, -0.2) is 6.29 Å². The molecule has 0 aromatic heterocycles. The lowest BCUT2D eigenvalue weighted by Gasteiger charge is -2.00. The van der Waals surface area contributed by atoms with Crippen LogP contribution in [0.2, 0.25) is 0 Å². The first-order valence-electron chi connectivity index (χ1n) is 5.68. The van der Waals surface area contributed by atoms with Crippen LogP contribution in [0.1, 0.15) is 28.9 Å². The van der Waals surface area contributed by atoms with Gasteiger partial charge in [-0.05, 0) is 59.1 Å². The highest BCUT2D eigenvalue weighted by molar-refractivity contribution is 9.10. The summed E-state index contributed by atoms with van der Waals surface area (Å²) in [6.45, 7) is 3.72. The maximum Gasteiger partial charge on any atom is 0.154 e. The predicted octanol–water partition coefficient (Wildman–Crippen LogP) is 6.24. The fourth-order valence-electron chi connectivity index (χ4n) is 1.35. The summed E-state index contributed by atoms with van der Waals surface area (Å²) in [4.78, 5) is 10.3. The largest absolute Gasteiger partial charge is 0.298 e. The lowest BCUT2D eigenvalue weighted by molar-refractivity contribution is 0.111. The summed E-state index contributed by atoms with van der Waals surface area (Å²) in [6.07, 6.45) is 0.506.